The van der Waals surface area contributed by atoms with Crippen LogP contribution in [0.25, 0.3) is 0 Å². The van der Waals surface area contributed by atoms with Gasteiger partial charge in [0, 0.05) is 36.4 Å². The highest BCUT2D eigenvalue weighted by molar-refractivity contribution is 5.67. The van der Waals surface area contributed by atoms with Crippen LogP contribution in [0.4, 0.5) is 4.79 Å². The van der Waals surface area contributed by atoms with E-state index in [4.69, 9.17) is 9.47 Å². The average Bonchev–Trinajstić information content (AvgIpc) is 3.87. The van der Waals surface area contributed by atoms with E-state index in [2.05, 4.69) is 58.5 Å². The van der Waals surface area contributed by atoms with Crippen molar-refractivity contribution in [2.24, 2.45) is 23.7 Å². The maximum Gasteiger partial charge on any atom is 0.522 e. The quantitative estimate of drug-likeness (QED) is 0.193. The topological polar surface area (TPSA) is 61.3 Å². The lowest BCUT2D eigenvalue weighted by Gasteiger charge is -2.22. The van der Waals surface area contributed by atoms with Crippen molar-refractivity contribution in [3.8, 4) is 11.8 Å². The molecule has 224 valence electrons. The summed E-state index contributed by atoms with van der Waals surface area (Å²) in [6.45, 7) is 0. The van der Waals surface area contributed by atoms with Crippen LogP contribution in [0.1, 0.15) is 96.6 Å². The third kappa shape index (κ3) is 5.65. The Morgan fingerprint density at radius 1 is 0.591 bits per heavy atom. The van der Waals surface area contributed by atoms with Crippen molar-refractivity contribution < 1.29 is 14.3 Å². The van der Waals surface area contributed by atoms with Gasteiger partial charge in [-0.3, -0.25) is 0 Å². The van der Waals surface area contributed by atoms with Gasteiger partial charge in [-0.15, -0.1) is 0 Å². The number of hydrogen-bond acceptors (Lipinski definition) is 5. The smallest absolute Gasteiger partial charge is 0.375 e. The fraction of sp³-hybridized carbons (Fsp3) is 0.410. The minimum atomic E-state index is -0.830. The van der Waals surface area contributed by atoms with Gasteiger partial charge in [0.15, 0.2) is 0 Å². The molecule has 5 heteroatoms. The molecule has 2 aromatic heterocycles. The summed E-state index contributed by atoms with van der Waals surface area (Å²) in [4.78, 5) is 21.7. The van der Waals surface area contributed by atoms with E-state index in [9.17, 15) is 4.79 Å². The van der Waals surface area contributed by atoms with Crippen molar-refractivity contribution in [2.75, 3.05) is 0 Å². The molecule has 4 saturated carbocycles. The summed E-state index contributed by atoms with van der Waals surface area (Å²) in [5, 5.41) is 0. The third-order valence-corrected chi connectivity index (χ3v) is 11.1. The predicted octanol–water partition coefficient (Wildman–Crippen LogP) is 9.04. The molecule has 8 rings (SSSR count). The van der Waals surface area contributed by atoms with Gasteiger partial charge in [0.05, 0.1) is 0 Å². The number of aromatic nitrogens is 2. The Balaban J connectivity index is 0.908. The first kappa shape index (κ1) is 27.6. The first-order chi connectivity index (χ1) is 21.6. The molecule has 0 spiro atoms. The van der Waals surface area contributed by atoms with E-state index in [1.807, 2.05) is 24.3 Å². The Morgan fingerprint density at radius 3 is 1.43 bits per heavy atom. The number of rotatable bonds is 8. The number of nitrogens with zero attached hydrogens (tertiary/aromatic N) is 2. The maximum atomic E-state index is 13.0. The number of ether oxygens (including phenoxy) is 2. The molecule has 0 aliphatic heterocycles. The van der Waals surface area contributed by atoms with Crippen LogP contribution in [0.2, 0.25) is 0 Å². The van der Waals surface area contributed by atoms with Gasteiger partial charge in [-0.2, -0.15) is 0 Å². The molecule has 4 fully saturated rings. The number of benzene rings is 2. The second kappa shape index (κ2) is 11.8. The zero-order chi connectivity index (χ0) is 29.5. The van der Waals surface area contributed by atoms with E-state index >= 15 is 0 Å². The molecule has 2 heterocycles. The van der Waals surface area contributed by atoms with Gasteiger partial charge in [-0.25, -0.2) is 14.8 Å². The summed E-state index contributed by atoms with van der Waals surface area (Å²) in [7, 11) is 0. The third-order valence-electron chi connectivity index (χ3n) is 11.1. The Kier molecular flexibility index (Phi) is 7.41. The molecule has 4 aliphatic rings. The summed E-state index contributed by atoms with van der Waals surface area (Å²) in [6.07, 6.45) is 14.8. The van der Waals surface area contributed by atoms with E-state index in [0.29, 0.717) is 12.8 Å². The van der Waals surface area contributed by atoms with Crippen molar-refractivity contribution in [1.29, 1.82) is 0 Å². The minimum Gasteiger partial charge on any atom is -0.375 e. The molecule has 44 heavy (non-hydrogen) atoms. The van der Waals surface area contributed by atoms with Gasteiger partial charge in [0.2, 0.25) is 11.8 Å². The van der Waals surface area contributed by atoms with Crippen LogP contribution in [0.15, 0.2) is 85.2 Å². The average molecular weight is 585 g/mol. The van der Waals surface area contributed by atoms with Crippen LogP contribution in [-0.2, 0) is 12.8 Å². The molecule has 4 aliphatic carbocycles. The lowest BCUT2D eigenvalue weighted by atomic mass is 9.83. The minimum absolute atomic E-state index is 0.267. The van der Waals surface area contributed by atoms with Crippen LogP contribution in [0, 0.1) is 23.7 Å². The van der Waals surface area contributed by atoms with E-state index in [1.165, 1.54) is 73.6 Å². The normalized spacial score (nSPS) is 26.6. The Morgan fingerprint density at radius 2 is 1.05 bits per heavy atom. The second-order valence-corrected chi connectivity index (χ2v) is 13.8. The first-order valence-corrected chi connectivity index (χ1v) is 16.6. The van der Waals surface area contributed by atoms with E-state index in [1.54, 1.807) is 12.4 Å². The highest BCUT2D eigenvalue weighted by Gasteiger charge is 2.40. The lowest BCUT2D eigenvalue weighted by Crippen LogP contribution is -2.17. The van der Waals surface area contributed by atoms with Crippen molar-refractivity contribution in [1.82, 2.24) is 9.97 Å². The fourth-order valence-electron chi connectivity index (χ4n) is 8.99. The van der Waals surface area contributed by atoms with Crippen LogP contribution in [0.3, 0.4) is 0 Å². The highest BCUT2D eigenvalue weighted by Crippen LogP contribution is 2.53. The maximum absolute atomic E-state index is 13.0. The second-order valence-electron chi connectivity index (χ2n) is 13.8. The van der Waals surface area contributed by atoms with Crippen LogP contribution >= 0.6 is 0 Å². The van der Waals surface area contributed by atoms with Gasteiger partial charge in [0.1, 0.15) is 0 Å². The van der Waals surface area contributed by atoms with Gasteiger partial charge in [-0.1, -0.05) is 73.5 Å². The molecular weight excluding hydrogens is 544 g/mol. The molecule has 0 saturated heterocycles. The number of carbonyl (C=O) groups excluding carboxylic acids is 1. The zero-order valence-electron chi connectivity index (χ0n) is 25.2. The predicted molar refractivity (Wildman–Crippen MR) is 170 cm³/mol. The molecule has 2 aromatic carbocycles. The highest BCUT2D eigenvalue weighted by atomic mass is 16.7. The standard InChI is InChI=1S/C39H40N2O3/c42-39(43-37-33(3-1-17-40-37)19-25-5-11-29(12-6-25)35-23-27-9-15-31(35)21-27)44-38-34(4-2-18-41-38)20-26-7-13-30(14-8-26)36-24-28-10-16-32(36)22-28/h1-8,11-14,17-18,27-28,31-32,35-36H,9-10,15-16,19-24H2. The number of carbonyl (C=O) groups is 1. The molecular formula is C39H40N2O3. The Hall–Kier alpha value is -3.99. The van der Waals surface area contributed by atoms with Gasteiger partial charge < -0.3 is 9.47 Å². The molecule has 4 bridgehead atoms. The van der Waals surface area contributed by atoms with Crippen molar-refractivity contribution in [2.45, 2.75) is 76.0 Å². The SMILES string of the molecule is O=C(Oc1ncccc1Cc1ccc(C2CC3CCC2C3)cc1)Oc1ncccc1Cc1ccc(C2CC3CCC2C3)cc1. The first-order valence-electron chi connectivity index (χ1n) is 16.6. The molecule has 0 radical (unpaired) electrons. The Labute approximate surface area is 260 Å². The van der Waals surface area contributed by atoms with Crippen molar-refractivity contribution >= 4 is 6.16 Å². The summed E-state index contributed by atoms with van der Waals surface area (Å²) < 4.78 is 11.3. The van der Waals surface area contributed by atoms with E-state index in [-0.39, 0.29) is 11.8 Å². The van der Waals surface area contributed by atoms with Gasteiger partial charge in [-0.05, 0) is 108 Å². The van der Waals surface area contributed by atoms with E-state index < -0.39 is 6.16 Å². The molecule has 4 aromatic rings. The van der Waals surface area contributed by atoms with Gasteiger partial charge in [0.25, 0.3) is 0 Å². The summed E-state index contributed by atoms with van der Waals surface area (Å²) in [5.74, 6) is 5.58. The number of fused-ring (bicyclic) bond motifs is 4. The number of pyridine rings is 2. The monoisotopic (exact) mass is 584 g/mol. The lowest BCUT2D eigenvalue weighted by molar-refractivity contribution is 0.147. The summed E-state index contributed by atoms with van der Waals surface area (Å²) in [5.41, 5.74) is 6.95. The van der Waals surface area contributed by atoms with Crippen molar-refractivity contribution in [3.05, 3.63) is 119 Å². The van der Waals surface area contributed by atoms with Gasteiger partial charge >= 0.3 is 6.16 Å². The largest absolute Gasteiger partial charge is 0.522 e. The van der Waals surface area contributed by atoms with E-state index in [0.717, 1.165) is 46.6 Å². The zero-order valence-corrected chi connectivity index (χ0v) is 25.2. The van der Waals surface area contributed by atoms with Crippen LogP contribution in [0.5, 0.6) is 11.8 Å². The Bertz CT molecular complexity index is 1510. The molecule has 6 unspecified atom stereocenters. The van der Waals surface area contributed by atoms with Crippen LogP contribution in [-0.4, -0.2) is 16.1 Å². The summed E-state index contributed by atoms with van der Waals surface area (Å²) in [6, 6.07) is 25.6. The molecule has 6 atom stereocenters. The number of hydrogen-bond donors (Lipinski definition) is 0. The fourth-order valence-corrected chi connectivity index (χ4v) is 8.99. The van der Waals surface area contributed by atoms with Crippen LogP contribution < -0.4 is 9.47 Å². The molecule has 0 amide bonds. The molecule has 0 N–H and O–H groups in total. The summed E-state index contributed by atoms with van der Waals surface area (Å²) >= 11 is 0. The molecule has 5 nitrogen and oxygen atoms in total. The van der Waals surface area contributed by atoms with Crippen molar-refractivity contribution in [3.63, 3.8) is 0 Å².